The minimum atomic E-state index is 0.130. The number of rotatable bonds is 3. The molecule has 1 saturated carbocycles. The lowest BCUT2D eigenvalue weighted by atomic mass is 10.1. The number of hydrogen-bond donors (Lipinski definition) is 1. The second-order valence-electron chi connectivity index (χ2n) is 4.75. The van der Waals surface area contributed by atoms with Gasteiger partial charge in [0, 0.05) is 17.5 Å². The van der Waals surface area contributed by atoms with E-state index in [0.29, 0.717) is 5.92 Å². The van der Waals surface area contributed by atoms with Crippen LogP contribution in [-0.2, 0) is 4.79 Å². The number of carbonyl (C=O) groups excluding carboxylic acids is 1. The summed E-state index contributed by atoms with van der Waals surface area (Å²) in [7, 11) is 0. The summed E-state index contributed by atoms with van der Waals surface area (Å²) < 4.78 is 4.37. The summed E-state index contributed by atoms with van der Waals surface area (Å²) in [6.07, 6.45) is 1.01. The molecule has 1 heterocycles. The van der Waals surface area contributed by atoms with Crippen LogP contribution in [0.2, 0.25) is 0 Å². The van der Waals surface area contributed by atoms with Gasteiger partial charge < -0.3 is 5.32 Å². The van der Waals surface area contributed by atoms with Gasteiger partial charge in [-0.3, -0.25) is 4.79 Å². The van der Waals surface area contributed by atoms with Crippen molar-refractivity contribution in [2.75, 3.05) is 5.32 Å². The first-order valence-electron chi connectivity index (χ1n) is 6.07. The summed E-state index contributed by atoms with van der Waals surface area (Å²) in [4.78, 5) is 11.8. The van der Waals surface area contributed by atoms with Gasteiger partial charge in [-0.05, 0) is 23.9 Å². The Hall–Kier alpha value is -1.68. The number of amides is 1. The van der Waals surface area contributed by atoms with E-state index in [9.17, 15) is 4.79 Å². The Kier molecular flexibility index (Phi) is 2.88. The molecule has 1 N–H and O–H groups in total. The molecular formula is C14H14N2OS. The smallest absolute Gasteiger partial charge is 0.228 e. The molecule has 3 nitrogen and oxygen atoms in total. The number of nitrogens with one attached hydrogen (secondary N) is 1. The molecule has 0 spiro atoms. The fraction of sp³-hybridized carbons (Fsp3) is 0.286. The lowest BCUT2D eigenvalue weighted by Gasteiger charge is -1.98. The number of hydrogen-bond acceptors (Lipinski definition) is 3. The number of nitrogens with zero attached hydrogens (tertiary/aromatic N) is 1. The molecule has 1 fully saturated rings. The highest BCUT2D eigenvalue weighted by molar-refractivity contribution is 7.10. The number of benzene rings is 1. The zero-order chi connectivity index (χ0) is 12.5. The highest BCUT2D eigenvalue weighted by Gasteiger charge is 2.39. The molecule has 1 amide bonds. The van der Waals surface area contributed by atoms with E-state index in [1.807, 2.05) is 36.4 Å². The Morgan fingerprint density at radius 1 is 1.39 bits per heavy atom. The van der Waals surface area contributed by atoms with Gasteiger partial charge in [0.2, 0.25) is 5.91 Å². The minimum absolute atomic E-state index is 0.130. The molecule has 4 heteroatoms. The number of aromatic nitrogens is 1. The van der Waals surface area contributed by atoms with Gasteiger partial charge in [-0.15, -0.1) is 0 Å². The largest absolute Gasteiger partial charge is 0.316 e. The maximum absolute atomic E-state index is 11.8. The van der Waals surface area contributed by atoms with Crippen molar-refractivity contribution < 1.29 is 4.79 Å². The molecule has 92 valence electrons. The molecule has 1 aliphatic rings. The Morgan fingerprint density at radius 2 is 2.11 bits per heavy atom. The van der Waals surface area contributed by atoms with Crippen molar-refractivity contribution in [1.29, 1.82) is 0 Å². The quantitative estimate of drug-likeness (QED) is 0.916. The third-order valence-corrected chi connectivity index (χ3v) is 3.98. The molecule has 0 bridgehead atoms. The number of carbonyl (C=O) groups is 1. The van der Waals surface area contributed by atoms with Crippen molar-refractivity contribution in [1.82, 2.24) is 4.37 Å². The molecular weight excluding hydrogens is 244 g/mol. The molecule has 2 unspecified atom stereocenters. The molecule has 1 aromatic carbocycles. The molecule has 3 rings (SSSR count). The molecule has 0 aliphatic heterocycles. The summed E-state index contributed by atoms with van der Waals surface area (Å²) in [6, 6.07) is 11.9. The van der Waals surface area contributed by atoms with Crippen LogP contribution < -0.4 is 5.32 Å². The van der Waals surface area contributed by atoms with Crippen molar-refractivity contribution in [3.63, 3.8) is 0 Å². The maximum Gasteiger partial charge on any atom is 0.228 e. The summed E-state index contributed by atoms with van der Waals surface area (Å²) in [5, 5.41) is 3.77. The van der Waals surface area contributed by atoms with Crippen molar-refractivity contribution in [3.8, 4) is 11.3 Å². The van der Waals surface area contributed by atoms with E-state index in [2.05, 4.69) is 16.6 Å². The van der Waals surface area contributed by atoms with Gasteiger partial charge in [0.1, 0.15) is 5.00 Å². The fourth-order valence-corrected chi connectivity index (χ4v) is 2.65. The lowest BCUT2D eigenvalue weighted by Crippen LogP contribution is -2.13. The van der Waals surface area contributed by atoms with Crippen LogP contribution in [0.15, 0.2) is 36.4 Å². The minimum Gasteiger partial charge on any atom is -0.316 e. The predicted octanol–water partition coefficient (Wildman–Crippen LogP) is 3.40. The fourth-order valence-electron chi connectivity index (χ4n) is 1.98. The molecule has 1 aromatic heterocycles. The van der Waals surface area contributed by atoms with Crippen molar-refractivity contribution in [2.45, 2.75) is 13.3 Å². The van der Waals surface area contributed by atoms with Crippen molar-refractivity contribution in [2.24, 2.45) is 11.8 Å². The number of anilines is 1. The Balaban J connectivity index is 1.72. The van der Waals surface area contributed by atoms with E-state index in [0.717, 1.165) is 22.7 Å². The van der Waals surface area contributed by atoms with Crippen molar-refractivity contribution in [3.05, 3.63) is 36.4 Å². The Labute approximate surface area is 110 Å². The molecule has 2 atom stereocenters. The Morgan fingerprint density at radius 3 is 2.78 bits per heavy atom. The van der Waals surface area contributed by atoms with E-state index in [4.69, 9.17) is 0 Å². The van der Waals surface area contributed by atoms with Crippen LogP contribution in [0.5, 0.6) is 0 Å². The van der Waals surface area contributed by atoms with E-state index < -0.39 is 0 Å². The summed E-state index contributed by atoms with van der Waals surface area (Å²) in [5.74, 6) is 0.865. The third-order valence-electron chi connectivity index (χ3n) is 3.27. The summed E-state index contributed by atoms with van der Waals surface area (Å²) in [6.45, 7) is 2.10. The standard InChI is InChI=1S/C14H14N2OS/c1-9-7-11(9)14(17)15-13-8-12(16-18-13)10-5-3-2-4-6-10/h2-6,8-9,11H,7H2,1H3,(H,15,17). The van der Waals surface area contributed by atoms with Crippen LogP contribution in [0.3, 0.4) is 0 Å². The highest BCUT2D eigenvalue weighted by atomic mass is 32.1. The van der Waals surface area contributed by atoms with E-state index in [1.54, 1.807) is 0 Å². The van der Waals surface area contributed by atoms with Crippen molar-refractivity contribution >= 4 is 22.4 Å². The van der Waals surface area contributed by atoms with Gasteiger partial charge in [-0.25, -0.2) is 0 Å². The Bertz CT molecular complexity index is 564. The van der Waals surface area contributed by atoms with Crippen LogP contribution in [0, 0.1) is 11.8 Å². The first-order valence-corrected chi connectivity index (χ1v) is 6.84. The first kappa shape index (κ1) is 11.4. The molecule has 0 saturated heterocycles. The highest BCUT2D eigenvalue weighted by Crippen LogP contribution is 2.39. The predicted molar refractivity (Wildman–Crippen MR) is 73.5 cm³/mol. The van der Waals surface area contributed by atoms with Crippen LogP contribution in [0.4, 0.5) is 5.00 Å². The SMILES string of the molecule is CC1CC1C(=O)Nc1cc(-c2ccccc2)ns1. The van der Waals surface area contributed by atoms with Crippen LogP contribution in [0.25, 0.3) is 11.3 Å². The second-order valence-corrected chi connectivity index (χ2v) is 5.56. The van der Waals surface area contributed by atoms with E-state index >= 15 is 0 Å². The monoisotopic (exact) mass is 258 g/mol. The van der Waals surface area contributed by atoms with Gasteiger partial charge in [0.05, 0.1) is 5.69 Å². The molecule has 0 radical (unpaired) electrons. The average molecular weight is 258 g/mol. The van der Waals surface area contributed by atoms with Gasteiger partial charge >= 0.3 is 0 Å². The van der Waals surface area contributed by atoms with Gasteiger partial charge in [0.15, 0.2) is 0 Å². The van der Waals surface area contributed by atoms with Crippen LogP contribution >= 0.6 is 11.5 Å². The van der Waals surface area contributed by atoms with Crippen LogP contribution in [-0.4, -0.2) is 10.3 Å². The van der Waals surface area contributed by atoms with E-state index in [1.165, 1.54) is 11.5 Å². The third kappa shape index (κ3) is 2.29. The lowest BCUT2D eigenvalue weighted by molar-refractivity contribution is -0.117. The second kappa shape index (κ2) is 4.53. The normalized spacial score (nSPS) is 21.6. The van der Waals surface area contributed by atoms with Gasteiger partial charge in [-0.1, -0.05) is 37.3 Å². The maximum atomic E-state index is 11.8. The summed E-state index contributed by atoms with van der Waals surface area (Å²) in [5.41, 5.74) is 1.99. The van der Waals surface area contributed by atoms with Crippen LogP contribution in [0.1, 0.15) is 13.3 Å². The molecule has 1 aliphatic carbocycles. The van der Waals surface area contributed by atoms with Gasteiger partial charge in [0.25, 0.3) is 0 Å². The molecule has 2 aromatic rings. The van der Waals surface area contributed by atoms with Gasteiger partial charge in [-0.2, -0.15) is 4.37 Å². The zero-order valence-electron chi connectivity index (χ0n) is 10.1. The topological polar surface area (TPSA) is 42.0 Å². The first-order chi connectivity index (χ1) is 8.74. The average Bonchev–Trinajstić information content (AvgIpc) is 2.95. The molecule has 18 heavy (non-hydrogen) atoms. The zero-order valence-corrected chi connectivity index (χ0v) is 10.9. The summed E-state index contributed by atoms with van der Waals surface area (Å²) >= 11 is 1.34. The van der Waals surface area contributed by atoms with E-state index in [-0.39, 0.29) is 11.8 Å².